The highest BCUT2D eigenvalue weighted by Gasteiger charge is 2.13. The van der Waals surface area contributed by atoms with E-state index in [1.807, 2.05) is 22.9 Å². The third-order valence-corrected chi connectivity index (χ3v) is 5.40. The van der Waals surface area contributed by atoms with E-state index in [0.717, 1.165) is 28.2 Å². The van der Waals surface area contributed by atoms with E-state index in [-0.39, 0.29) is 0 Å². The zero-order valence-corrected chi connectivity index (χ0v) is 14.8. The van der Waals surface area contributed by atoms with Gasteiger partial charge in [-0.15, -0.1) is 0 Å². The third kappa shape index (κ3) is 4.05. The van der Waals surface area contributed by atoms with Crippen molar-refractivity contribution in [3.8, 4) is 0 Å². The molecule has 6 heteroatoms. The predicted octanol–water partition coefficient (Wildman–Crippen LogP) is 4.76. The lowest BCUT2D eigenvalue weighted by atomic mass is 10.2. The number of rotatable bonds is 5. The van der Waals surface area contributed by atoms with Crippen molar-refractivity contribution >= 4 is 46.5 Å². The predicted molar refractivity (Wildman–Crippen MR) is 86.5 cm³/mol. The fraction of sp³-hybridized carbons (Fsp3) is 0.462. The van der Waals surface area contributed by atoms with Gasteiger partial charge in [0.25, 0.3) is 0 Å². The molecule has 1 heterocycles. The molecule has 0 aliphatic rings. The number of ether oxygens (including phenoxy) is 1. The molecule has 0 aliphatic carbocycles. The van der Waals surface area contributed by atoms with E-state index in [1.54, 1.807) is 0 Å². The van der Waals surface area contributed by atoms with Gasteiger partial charge in [-0.1, -0.05) is 31.2 Å². The van der Waals surface area contributed by atoms with Crippen molar-refractivity contribution in [3.63, 3.8) is 0 Å². The standard InChI is InChI=1S/C13H18BrClN2OSi/c1-19(2,3)7-6-18-9-17-12-8-10(15)4-5-11(12)13(14)16-17/h4-5,8H,6-7,9H2,1-3H3. The molecule has 0 N–H and O–H groups in total. The van der Waals surface area contributed by atoms with Crippen LogP contribution in [0, 0.1) is 0 Å². The fourth-order valence-corrected chi connectivity index (χ4v) is 3.18. The topological polar surface area (TPSA) is 27.1 Å². The minimum atomic E-state index is -1.04. The number of fused-ring (bicyclic) bond motifs is 1. The summed E-state index contributed by atoms with van der Waals surface area (Å²) in [6, 6.07) is 6.91. The zero-order valence-electron chi connectivity index (χ0n) is 11.4. The van der Waals surface area contributed by atoms with Gasteiger partial charge in [0, 0.05) is 25.1 Å². The highest BCUT2D eigenvalue weighted by molar-refractivity contribution is 9.10. The van der Waals surface area contributed by atoms with Gasteiger partial charge in [-0.25, -0.2) is 4.68 Å². The van der Waals surface area contributed by atoms with E-state index in [0.29, 0.717) is 11.8 Å². The first-order chi connectivity index (χ1) is 8.87. The molecule has 19 heavy (non-hydrogen) atoms. The van der Waals surface area contributed by atoms with Gasteiger partial charge in [0.05, 0.1) is 5.52 Å². The average Bonchev–Trinajstić information content (AvgIpc) is 2.60. The summed E-state index contributed by atoms with van der Waals surface area (Å²) in [5.41, 5.74) is 0.993. The SMILES string of the molecule is C[Si](C)(C)CCOCn1nc(Br)c2ccc(Cl)cc21. The Morgan fingerprint density at radius 2 is 2.11 bits per heavy atom. The monoisotopic (exact) mass is 360 g/mol. The lowest BCUT2D eigenvalue weighted by Crippen LogP contribution is -2.22. The molecule has 0 unspecified atom stereocenters. The largest absolute Gasteiger partial charge is 0.360 e. The van der Waals surface area contributed by atoms with E-state index < -0.39 is 8.07 Å². The second-order valence-electron chi connectivity index (χ2n) is 5.80. The van der Waals surface area contributed by atoms with Crippen LogP contribution >= 0.6 is 27.5 Å². The first-order valence-corrected chi connectivity index (χ1v) is 11.1. The third-order valence-electron chi connectivity index (χ3n) is 2.88. The van der Waals surface area contributed by atoms with Gasteiger partial charge in [-0.05, 0) is 40.2 Å². The highest BCUT2D eigenvalue weighted by Crippen LogP contribution is 2.26. The van der Waals surface area contributed by atoms with Crippen molar-refractivity contribution in [1.29, 1.82) is 0 Å². The maximum atomic E-state index is 6.03. The Bertz CT molecular complexity index is 580. The molecular formula is C13H18BrClN2OSi. The smallest absolute Gasteiger partial charge is 0.140 e. The van der Waals surface area contributed by atoms with Crippen molar-refractivity contribution in [3.05, 3.63) is 27.8 Å². The summed E-state index contributed by atoms with van der Waals surface area (Å²) in [4.78, 5) is 0. The normalized spacial score (nSPS) is 12.3. The van der Waals surface area contributed by atoms with Gasteiger partial charge < -0.3 is 4.74 Å². The molecule has 104 valence electrons. The fourth-order valence-electron chi connectivity index (χ4n) is 1.73. The van der Waals surface area contributed by atoms with Crippen molar-refractivity contribution in [2.24, 2.45) is 0 Å². The van der Waals surface area contributed by atoms with Crippen LogP contribution in [0.3, 0.4) is 0 Å². The van der Waals surface area contributed by atoms with Crippen LogP contribution < -0.4 is 0 Å². The molecule has 0 atom stereocenters. The first-order valence-electron chi connectivity index (χ1n) is 6.26. The highest BCUT2D eigenvalue weighted by atomic mass is 79.9. The van der Waals surface area contributed by atoms with Crippen LogP contribution in [0.25, 0.3) is 10.9 Å². The lowest BCUT2D eigenvalue weighted by molar-refractivity contribution is 0.0815. The molecule has 1 aromatic heterocycles. The maximum Gasteiger partial charge on any atom is 0.140 e. The molecule has 0 bridgehead atoms. The lowest BCUT2D eigenvalue weighted by Gasteiger charge is -2.15. The van der Waals surface area contributed by atoms with Gasteiger partial charge in [0.15, 0.2) is 0 Å². The summed E-state index contributed by atoms with van der Waals surface area (Å²) in [7, 11) is -1.04. The summed E-state index contributed by atoms with van der Waals surface area (Å²) in [5, 5.41) is 6.19. The van der Waals surface area contributed by atoms with Crippen LogP contribution in [-0.2, 0) is 11.5 Å². The number of benzene rings is 1. The summed E-state index contributed by atoms with van der Waals surface area (Å²) in [5.74, 6) is 0. The number of aromatic nitrogens is 2. The Morgan fingerprint density at radius 3 is 2.79 bits per heavy atom. The number of hydrogen-bond acceptors (Lipinski definition) is 2. The van der Waals surface area contributed by atoms with Gasteiger partial charge >= 0.3 is 0 Å². The van der Waals surface area contributed by atoms with Crippen LogP contribution in [0.1, 0.15) is 0 Å². The number of hydrogen-bond donors (Lipinski definition) is 0. The average molecular weight is 362 g/mol. The molecule has 1 aromatic carbocycles. The molecular weight excluding hydrogens is 344 g/mol. The molecule has 2 rings (SSSR count). The van der Waals surface area contributed by atoms with Crippen molar-refractivity contribution in [1.82, 2.24) is 9.78 Å². The molecule has 2 aromatic rings. The second kappa shape index (κ2) is 5.95. The van der Waals surface area contributed by atoms with Crippen molar-refractivity contribution < 1.29 is 4.74 Å². The number of halogens is 2. The van der Waals surface area contributed by atoms with Gasteiger partial charge in [-0.2, -0.15) is 5.10 Å². The van der Waals surface area contributed by atoms with E-state index in [9.17, 15) is 0 Å². The van der Waals surface area contributed by atoms with Crippen molar-refractivity contribution in [2.45, 2.75) is 32.4 Å². The Labute approximate surface area is 128 Å². The van der Waals surface area contributed by atoms with Crippen LogP contribution in [-0.4, -0.2) is 24.5 Å². The van der Waals surface area contributed by atoms with Crippen LogP contribution in [0.4, 0.5) is 0 Å². The van der Waals surface area contributed by atoms with Gasteiger partial charge in [-0.3, -0.25) is 0 Å². The van der Waals surface area contributed by atoms with E-state index >= 15 is 0 Å². The summed E-state index contributed by atoms with van der Waals surface area (Å²) in [6.45, 7) is 8.28. The Balaban J connectivity index is 2.07. The Hall–Kier alpha value is -0.363. The van der Waals surface area contributed by atoms with E-state index in [2.05, 4.69) is 40.7 Å². The Morgan fingerprint density at radius 1 is 1.37 bits per heavy atom. The molecule has 0 spiro atoms. The number of nitrogens with zero attached hydrogens (tertiary/aromatic N) is 2. The Kier molecular flexibility index (Phi) is 4.71. The van der Waals surface area contributed by atoms with E-state index in [1.165, 1.54) is 0 Å². The van der Waals surface area contributed by atoms with Crippen LogP contribution in [0.15, 0.2) is 22.8 Å². The molecule has 0 radical (unpaired) electrons. The summed E-state index contributed by atoms with van der Waals surface area (Å²) < 4.78 is 8.40. The zero-order chi connectivity index (χ0) is 14.0. The van der Waals surface area contributed by atoms with Gasteiger partial charge in [0.1, 0.15) is 11.3 Å². The van der Waals surface area contributed by atoms with Crippen LogP contribution in [0.2, 0.25) is 30.7 Å². The minimum absolute atomic E-state index is 0.465. The molecule has 0 saturated heterocycles. The minimum Gasteiger partial charge on any atom is -0.360 e. The second-order valence-corrected chi connectivity index (χ2v) is 12.6. The molecule has 0 amide bonds. The van der Waals surface area contributed by atoms with Crippen molar-refractivity contribution in [2.75, 3.05) is 6.61 Å². The maximum absolute atomic E-state index is 6.03. The summed E-state index contributed by atoms with van der Waals surface area (Å²) >= 11 is 9.49. The van der Waals surface area contributed by atoms with Crippen LogP contribution in [0.5, 0.6) is 0 Å². The first kappa shape index (κ1) is 15.0. The quantitative estimate of drug-likeness (QED) is 0.567. The molecule has 3 nitrogen and oxygen atoms in total. The van der Waals surface area contributed by atoms with E-state index in [4.69, 9.17) is 16.3 Å². The van der Waals surface area contributed by atoms with Gasteiger partial charge in [0.2, 0.25) is 0 Å². The summed E-state index contributed by atoms with van der Waals surface area (Å²) in [6.07, 6.45) is 0. The molecule has 0 aliphatic heterocycles. The molecule has 0 saturated carbocycles. The molecule has 0 fully saturated rings.